The number of hydrogen-bond acceptors (Lipinski definition) is 3. The molecule has 1 aromatic carbocycles. The number of nitrogens with one attached hydrogen (secondary N) is 2. The second kappa shape index (κ2) is 7.05. The summed E-state index contributed by atoms with van der Waals surface area (Å²) in [5, 5.41) is 2.86. The van der Waals surface area contributed by atoms with Crippen LogP contribution < -0.4 is 10.8 Å². The maximum atomic E-state index is 11.9. The molecule has 110 valence electrons. The lowest BCUT2D eigenvalue weighted by Gasteiger charge is -2.18. The molecule has 2 amide bonds. The fourth-order valence-corrected chi connectivity index (χ4v) is 1.42. The van der Waals surface area contributed by atoms with Crippen molar-refractivity contribution in [2.75, 3.05) is 13.2 Å². The number of amides is 2. The quantitative estimate of drug-likeness (QED) is 0.811. The molecular formula is C15H22N2O3. The Labute approximate surface area is 119 Å². The molecule has 0 radical (unpaired) electrons. The Morgan fingerprint density at radius 3 is 2.00 bits per heavy atom. The van der Waals surface area contributed by atoms with E-state index in [0.29, 0.717) is 24.3 Å². The molecule has 0 heterocycles. The summed E-state index contributed by atoms with van der Waals surface area (Å²) in [5.41, 5.74) is 3.32. The molecule has 0 atom stereocenters. The molecule has 1 aromatic rings. The van der Waals surface area contributed by atoms with Crippen LogP contribution in [0.3, 0.4) is 0 Å². The number of carbonyl (C=O) groups is 2. The SMILES string of the molecule is CCONC(=O)c1ccc(C(=O)NCC(C)(C)C)cc1. The predicted molar refractivity (Wildman–Crippen MR) is 77.3 cm³/mol. The van der Waals surface area contributed by atoms with Gasteiger partial charge >= 0.3 is 0 Å². The van der Waals surface area contributed by atoms with Crippen molar-refractivity contribution < 1.29 is 14.4 Å². The van der Waals surface area contributed by atoms with Crippen LogP contribution in [0.15, 0.2) is 24.3 Å². The van der Waals surface area contributed by atoms with Crippen LogP contribution in [0, 0.1) is 5.41 Å². The molecule has 0 aliphatic carbocycles. The first-order valence-corrected chi connectivity index (χ1v) is 6.64. The summed E-state index contributed by atoms with van der Waals surface area (Å²) in [6.07, 6.45) is 0. The Morgan fingerprint density at radius 1 is 1.05 bits per heavy atom. The smallest absolute Gasteiger partial charge is 0.274 e. The van der Waals surface area contributed by atoms with Gasteiger partial charge in [-0.15, -0.1) is 0 Å². The standard InChI is InChI=1S/C15H22N2O3/c1-5-20-17-14(19)12-8-6-11(7-9-12)13(18)16-10-15(2,3)4/h6-9H,5,10H2,1-4H3,(H,16,18)(H,17,19). The summed E-state index contributed by atoms with van der Waals surface area (Å²) in [6.45, 7) is 8.93. The third-order valence-electron chi connectivity index (χ3n) is 2.50. The van der Waals surface area contributed by atoms with Crippen molar-refractivity contribution in [3.05, 3.63) is 35.4 Å². The molecule has 0 spiro atoms. The summed E-state index contributed by atoms with van der Waals surface area (Å²) < 4.78 is 0. The largest absolute Gasteiger partial charge is 0.352 e. The first-order valence-electron chi connectivity index (χ1n) is 6.64. The monoisotopic (exact) mass is 278 g/mol. The zero-order chi connectivity index (χ0) is 15.2. The van der Waals surface area contributed by atoms with Crippen LogP contribution in [0.4, 0.5) is 0 Å². The molecule has 0 saturated carbocycles. The highest BCUT2D eigenvalue weighted by molar-refractivity contribution is 5.97. The van der Waals surface area contributed by atoms with E-state index in [1.807, 2.05) is 0 Å². The molecule has 5 heteroatoms. The fraction of sp³-hybridized carbons (Fsp3) is 0.467. The van der Waals surface area contributed by atoms with Gasteiger partial charge in [-0.25, -0.2) is 5.48 Å². The Morgan fingerprint density at radius 2 is 1.55 bits per heavy atom. The average Bonchev–Trinajstić information content (AvgIpc) is 2.41. The minimum absolute atomic E-state index is 0.0347. The Kier molecular flexibility index (Phi) is 5.70. The van der Waals surface area contributed by atoms with Gasteiger partial charge in [0.2, 0.25) is 0 Å². The highest BCUT2D eigenvalue weighted by Crippen LogP contribution is 2.11. The van der Waals surface area contributed by atoms with Crippen molar-refractivity contribution >= 4 is 11.8 Å². The second-order valence-electron chi connectivity index (χ2n) is 5.68. The topological polar surface area (TPSA) is 67.4 Å². The van der Waals surface area contributed by atoms with Crippen molar-refractivity contribution in [1.82, 2.24) is 10.8 Å². The van der Waals surface area contributed by atoms with E-state index in [1.54, 1.807) is 31.2 Å². The van der Waals surface area contributed by atoms with Gasteiger partial charge in [0.25, 0.3) is 11.8 Å². The van der Waals surface area contributed by atoms with Crippen molar-refractivity contribution in [3.63, 3.8) is 0 Å². The lowest BCUT2D eigenvalue weighted by atomic mass is 9.97. The highest BCUT2D eigenvalue weighted by Gasteiger charge is 2.13. The molecule has 0 unspecified atom stereocenters. The Balaban J connectivity index is 2.62. The van der Waals surface area contributed by atoms with Gasteiger partial charge in [0.1, 0.15) is 0 Å². The molecule has 1 rings (SSSR count). The van der Waals surface area contributed by atoms with Gasteiger partial charge in [-0.3, -0.25) is 14.4 Å². The van der Waals surface area contributed by atoms with E-state index >= 15 is 0 Å². The van der Waals surface area contributed by atoms with E-state index in [2.05, 4.69) is 31.6 Å². The minimum atomic E-state index is -0.325. The number of benzene rings is 1. The van der Waals surface area contributed by atoms with Gasteiger partial charge in [-0.1, -0.05) is 20.8 Å². The molecule has 0 bridgehead atoms. The molecule has 20 heavy (non-hydrogen) atoms. The van der Waals surface area contributed by atoms with Crippen LogP contribution in [0.1, 0.15) is 48.4 Å². The third-order valence-corrected chi connectivity index (χ3v) is 2.50. The van der Waals surface area contributed by atoms with Crippen LogP contribution in [0.2, 0.25) is 0 Å². The zero-order valence-corrected chi connectivity index (χ0v) is 12.4. The van der Waals surface area contributed by atoms with E-state index in [-0.39, 0.29) is 17.2 Å². The maximum absolute atomic E-state index is 11.9. The van der Waals surface area contributed by atoms with E-state index in [0.717, 1.165) is 0 Å². The normalized spacial score (nSPS) is 11.0. The maximum Gasteiger partial charge on any atom is 0.274 e. The first-order chi connectivity index (χ1) is 9.33. The lowest BCUT2D eigenvalue weighted by molar-refractivity contribution is 0.0364. The molecule has 2 N–H and O–H groups in total. The van der Waals surface area contributed by atoms with Crippen LogP contribution in [-0.2, 0) is 4.84 Å². The zero-order valence-electron chi connectivity index (χ0n) is 12.4. The van der Waals surface area contributed by atoms with Crippen LogP contribution in [0.5, 0.6) is 0 Å². The molecule has 0 saturated heterocycles. The second-order valence-corrected chi connectivity index (χ2v) is 5.68. The number of hydrogen-bond donors (Lipinski definition) is 2. The Hall–Kier alpha value is -1.88. The fourth-order valence-electron chi connectivity index (χ4n) is 1.42. The minimum Gasteiger partial charge on any atom is -0.352 e. The number of carbonyl (C=O) groups excluding carboxylic acids is 2. The molecule has 0 aliphatic heterocycles. The summed E-state index contributed by atoms with van der Waals surface area (Å²) in [6, 6.07) is 6.44. The number of hydroxylamine groups is 1. The molecule has 5 nitrogen and oxygen atoms in total. The summed E-state index contributed by atoms with van der Waals surface area (Å²) in [5.74, 6) is -0.467. The molecule has 0 aliphatic rings. The van der Waals surface area contributed by atoms with Crippen molar-refractivity contribution in [2.24, 2.45) is 5.41 Å². The van der Waals surface area contributed by atoms with Crippen LogP contribution in [-0.4, -0.2) is 25.0 Å². The van der Waals surface area contributed by atoms with Crippen LogP contribution >= 0.6 is 0 Å². The summed E-state index contributed by atoms with van der Waals surface area (Å²) in [4.78, 5) is 28.3. The summed E-state index contributed by atoms with van der Waals surface area (Å²) >= 11 is 0. The van der Waals surface area contributed by atoms with Gasteiger partial charge in [-0.05, 0) is 36.6 Å². The first kappa shape index (κ1) is 16.2. The average molecular weight is 278 g/mol. The Bertz CT molecular complexity index is 461. The van der Waals surface area contributed by atoms with E-state index in [9.17, 15) is 9.59 Å². The highest BCUT2D eigenvalue weighted by atomic mass is 16.6. The molecular weight excluding hydrogens is 256 g/mol. The van der Waals surface area contributed by atoms with Crippen molar-refractivity contribution in [1.29, 1.82) is 0 Å². The lowest BCUT2D eigenvalue weighted by Crippen LogP contribution is -2.32. The predicted octanol–water partition coefficient (Wildman–Crippen LogP) is 2.14. The van der Waals surface area contributed by atoms with Gasteiger partial charge in [0.15, 0.2) is 0 Å². The third kappa shape index (κ3) is 5.40. The van der Waals surface area contributed by atoms with Crippen molar-refractivity contribution in [2.45, 2.75) is 27.7 Å². The van der Waals surface area contributed by atoms with Gasteiger partial charge < -0.3 is 5.32 Å². The van der Waals surface area contributed by atoms with Gasteiger partial charge in [0.05, 0.1) is 6.61 Å². The van der Waals surface area contributed by atoms with E-state index in [1.165, 1.54) is 0 Å². The molecule has 0 fully saturated rings. The van der Waals surface area contributed by atoms with E-state index < -0.39 is 0 Å². The van der Waals surface area contributed by atoms with Gasteiger partial charge in [0, 0.05) is 17.7 Å². The van der Waals surface area contributed by atoms with Crippen LogP contribution in [0.25, 0.3) is 0 Å². The van der Waals surface area contributed by atoms with E-state index in [4.69, 9.17) is 4.84 Å². The summed E-state index contributed by atoms with van der Waals surface area (Å²) in [7, 11) is 0. The number of rotatable bonds is 5. The molecule has 0 aromatic heterocycles. The van der Waals surface area contributed by atoms with Gasteiger partial charge in [-0.2, -0.15) is 0 Å². The van der Waals surface area contributed by atoms with Crippen molar-refractivity contribution in [3.8, 4) is 0 Å².